The molecule has 3 atom stereocenters. The highest BCUT2D eigenvalue weighted by atomic mass is 19.1. The average Bonchev–Trinajstić information content (AvgIpc) is 3.34. The van der Waals surface area contributed by atoms with Crippen LogP contribution in [0.25, 0.3) is 5.52 Å². The molecule has 0 spiro atoms. The number of nitrogens with two attached hydrogens (primary N) is 1. The van der Waals surface area contributed by atoms with Gasteiger partial charge in [-0.3, -0.25) is 14.2 Å². The molecule has 3 N–H and O–H groups in total. The van der Waals surface area contributed by atoms with Crippen molar-refractivity contribution in [3.8, 4) is 5.75 Å². The van der Waals surface area contributed by atoms with Gasteiger partial charge in [-0.05, 0) is 30.4 Å². The van der Waals surface area contributed by atoms with Crippen molar-refractivity contribution in [3.05, 3.63) is 50.1 Å². The molecule has 1 aliphatic heterocycles. The average molecular weight is 390 g/mol. The van der Waals surface area contributed by atoms with Gasteiger partial charge in [0.1, 0.15) is 17.4 Å². The van der Waals surface area contributed by atoms with Crippen LogP contribution in [0.15, 0.2) is 27.4 Å². The van der Waals surface area contributed by atoms with Crippen LogP contribution in [0, 0.1) is 11.7 Å². The van der Waals surface area contributed by atoms with Gasteiger partial charge in [0.25, 0.3) is 5.56 Å². The molecule has 0 bridgehead atoms. The van der Waals surface area contributed by atoms with Crippen molar-refractivity contribution < 1.29 is 13.5 Å². The first-order valence-corrected chi connectivity index (χ1v) is 9.31. The molecule has 28 heavy (non-hydrogen) atoms. The summed E-state index contributed by atoms with van der Waals surface area (Å²) in [7, 11) is 1.39. The summed E-state index contributed by atoms with van der Waals surface area (Å²) < 4.78 is 35.6. The summed E-state index contributed by atoms with van der Waals surface area (Å²) in [5, 5.41) is 0. The molecule has 9 heteroatoms. The summed E-state index contributed by atoms with van der Waals surface area (Å²) in [5.74, 6) is -0.671. The monoisotopic (exact) mass is 390 g/mol. The van der Waals surface area contributed by atoms with Crippen LogP contribution < -0.4 is 26.6 Å². The molecule has 2 aromatic rings. The van der Waals surface area contributed by atoms with Crippen molar-refractivity contribution in [1.29, 1.82) is 0 Å². The van der Waals surface area contributed by atoms with Gasteiger partial charge in [0.2, 0.25) is 0 Å². The predicted octanol–water partition coefficient (Wildman–Crippen LogP) is 1.05. The molecule has 2 aliphatic carbocycles. The molecule has 1 saturated carbocycles. The molecule has 148 valence electrons. The number of halogens is 2. The summed E-state index contributed by atoms with van der Waals surface area (Å²) in [5.41, 5.74) is 6.52. The minimum atomic E-state index is -1.19. The van der Waals surface area contributed by atoms with E-state index in [0.29, 0.717) is 24.2 Å². The number of nitrogens with zero attached hydrogens (tertiary/aromatic N) is 2. The number of methoxy groups -OCH3 is 1. The van der Waals surface area contributed by atoms with E-state index in [1.165, 1.54) is 13.2 Å². The summed E-state index contributed by atoms with van der Waals surface area (Å²) in [6.45, 7) is 0.678. The van der Waals surface area contributed by atoms with Gasteiger partial charge in [-0.25, -0.2) is 13.6 Å². The van der Waals surface area contributed by atoms with E-state index in [1.54, 1.807) is 4.90 Å². The zero-order valence-electron chi connectivity index (χ0n) is 15.2. The molecule has 1 saturated heterocycles. The Hall–Kier alpha value is -2.68. The number of aromatic amines is 1. The number of hydrogen-bond acceptors (Lipinski definition) is 5. The summed E-state index contributed by atoms with van der Waals surface area (Å²) in [6.07, 6.45) is 3.06. The fourth-order valence-electron chi connectivity index (χ4n) is 4.56. The zero-order valence-corrected chi connectivity index (χ0v) is 15.2. The fraction of sp³-hybridized carbons (Fsp3) is 0.474. The van der Waals surface area contributed by atoms with Gasteiger partial charge in [-0.1, -0.05) is 0 Å². The second kappa shape index (κ2) is 5.91. The maximum Gasteiger partial charge on any atom is 0.333 e. The van der Waals surface area contributed by atoms with E-state index in [4.69, 9.17) is 10.5 Å². The third kappa shape index (κ3) is 2.35. The lowest BCUT2D eigenvalue weighted by molar-refractivity contribution is 0.323. The number of pyridine rings is 1. The van der Waals surface area contributed by atoms with Crippen LogP contribution in [0.3, 0.4) is 0 Å². The van der Waals surface area contributed by atoms with Crippen molar-refractivity contribution in [1.82, 2.24) is 9.38 Å². The molecular weight excluding hydrogens is 370 g/mol. The maximum absolute atomic E-state index is 15.1. The number of fused-ring (bicyclic) bond motifs is 2. The Balaban J connectivity index is 1.73. The van der Waals surface area contributed by atoms with Gasteiger partial charge in [-0.15, -0.1) is 0 Å². The highest BCUT2D eigenvalue weighted by Crippen LogP contribution is 2.46. The van der Waals surface area contributed by atoms with Crippen LogP contribution in [0.1, 0.15) is 24.3 Å². The number of alkyl halides is 1. The van der Waals surface area contributed by atoms with Gasteiger partial charge < -0.3 is 15.4 Å². The minimum Gasteiger partial charge on any atom is -0.492 e. The van der Waals surface area contributed by atoms with E-state index in [9.17, 15) is 14.0 Å². The first-order chi connectivity index (χ1) is 13.4. The summed E-state index contributed by atoms with van der Waals surface area (Å²) in [4.78, 5) is 28.8. The van der Waals surface area contributed by atoms with Gasteiger partial charge >= 0.3 is 5.69 Å². The zero-order chi connectivity index (χ0) is 19.7. The second-order valence-corrected chi connectivity index (χ2v) is 7.78. The molecule has 5 rings (SSSR count). The maximum atomic E-state index is 15.1. The van der Waals surface area contributed by atoms with Crippen LogP contribution in [0.2, 0.25) is 0 Å². The highest BCUT2D eigenvalue weighted by molar-refractivity contribution is 5.78. The number of hydrogen-bond donors (Lipinski definition) is 2. The molecule has 3 heterocycles. The quantitative estimate of drug-likeness (QED) is 0.765. The van der Waals surface area contributed by atoms with Crippen LogP contribution in [-0.4, -0.2) is 41.8 Å². The molecule has 2 fully saturated rings. The lowest BCUT2D eigenvalue weighted by atomic mass is 10.0. The van der Waals surface area contributed by atoms with Crippen molar-refractivity contribution in [2.45, 2.75) is 31.0 Å². The number of rotatable bonds is 3. The summed E-state index contributed by atoms with van der Waals surface area (Å²) in [6, 6.07) is -0.651. The molecule has 2 aromatic heterocycles. The summed E-state index contributed by atoms with van der Waals surface area (Å²) >= 11 is 0. The molecular formula is C19H20F2N4O3. The number of nitrogens with one attached hydrogen (secondary N) is 1. The van der Waals surface area contributed by atoms with E-state index in [0.717, 1.165) is 29.0 Å². The molecule has 0 radical (unpaired) electrons. The largest absolute Gasteiger partial charge is 0.492 e. The Kier molecular flexibility index (Phi) is 3.67. The molecule has 0 amide bonds. The highest BCUT2D eigenvalue weighted by Gasteiger charge is 2.42. The van der Waals surface area contributed by atoms with Crippen LogP contribution in [0.4, 0.5) is 14.5 Å². The number of anilines is 1. The number of ether oxygens (including phenoxy) is 1. The molecule has 7 nitrogen and oxygen atoms in total. The Morgan fingerprint density at radius 3 is 2.71 bits per heavy atom. The second-order valence-electron chi connectivity index (χ2n) is 7.78. The van der Waals surface area contributed by atoms with E-state index in [-0.39, 0.29) is 23.3 Å². The number of aromatic nitrogens is 2. The Morgan fingerprint density at radius 2 is 2.07 bits per heavy atom. The van der Waals surface area contributed by atoms with Gasteiger partial charge in [-0.2, -0.15) is 0 Å². The van der Waals surface area contributed by atoms with E-state index < -0.39 is 29.3 Å². The van der Waals surface area contributed by atoms with Gasteiger partial charge in [0, 0.05) is 30.6 Å². The lowest BCUT2D eigenvalue weighted by Crippen LogP contribution is -2.37. The van der Waals surface area contributed by atoms with E-state index in [2.05, 4.69) is 4.98 Å². The SMILES string of the molecule is COc1c(N2CC3=CC(F)C(N)C3C2)c(F)cn2c(=O)[nH]c(=O)c(C3CC3)c12. The van der Waals surface area contributed by atoms with E-state index in [1.807, 2.05) is 0 Å². The molecule has 0 aromatic carbocycles. The third-order valence-corrected chi connectivity index (χ3v) is 6.06. The predicted molar refractivity (Wildman–Crippen MR) is 99.4 cm³/mol. The number of H-pyrrole nitrogens is 1. The smallest absolute Gasteiger partial charge is 0.333 e. The molecule has 3 unspecified atom stereocenters. The van der Waals surface area contributed by atoms with Gasteiger partial charge in [0.05, 0.1) is 13.3 Å². The van der Waals surface area contributed by atoms with E-state index >= 15 is 4.39 Å². The van der Waals surface area contributed by atoms with Crippen molar-refractivity contribution in [3.63, 3.8) is 0 Å². The Bertz CT molecular complexity index is 1130. The lowest BCUT2D eigenvalue weighted by Gasteiger charge is -2.25. The standard InChI is InChI=1S/C19H20F2N4O3/c1-28-17-15(24-5-9-4-11(20)14(22)10(9)6-24)12(21)7-25-16(17)13(8-2-3-8)18(26)23-19(25)27/h4,7-8,10-11,14H,2-3,5-6,22H2,1H3,(H,23,26,27). The third-order valence-electron chi connectivity index (χ3n) is 6.06. The van der Waals surface area contributed by atoms with Crippen LogP contribution >= 0.6 is 0 Å². The van der Waals surface area contributed by atoms with Crippen LogP contribution in [-0.2, 0) is 0 Å². The van der Waals surface area contributed by atoms with Crippen LogP contribution in [0.5, 0.6) is 5.75 Å². The fourth-order valence-corrected chi connectivity index (χ4v) is 4.56. The van der Waals surface area contributed by atoms with Crippen molar-refractivity contribution in [2.75, 3.05) is 25.1 Å². The Labute approximate surface area is 158 Å². The van der Waals surface area contributed by atoms with Crippen molar-refractivity contribution in [2.24, 2.45) is 11.7 Å². The Morgan fingerprint density at radius 1 is 1.32 bits per heavy atom. The molecule has 3 aliphatic rings. The normalized spacial score (nSPS) is 26.6. The first-order valence-electron chi connectivity index (χ1n) is 9.31. The topological polar surface area (TPSA) is 92.8 Å². The minimum absolute atomic E-state index is 0.0212. The van der Waals surface area contributed by atoms with Gasteiger partial charge in [0.15, 0.2) is 11.6 Å². The first kappa shape index (κ1) is 17.4. The van der Waals surface area contributed by atoms with Crippen molar-refractivity contribution >= 4 is 11.2 Å².